The van der Waals surface area contributed by atoms with Crippen molar-refractivity contribution in [2.75, 3.05) is 24.7 Å². The van der Waals surface area contributed by atoms with Gasteiger partial charge < -0.3 is 4.90 Å². The average Bonchev–Trinajstić information content (AvgIpc) is 2.77. The summed E-state index contributed by atoms with van der Waals surface area (Å²) in [6, 6.07) is 3.47. The summed E-state index contributed by atoms with van der Waals surface area (Å²) < 4.78 is 12.5. The van der Waals surface area contributed by atoms with E-state index in [2.05, 4.69) is 4.98 Å². The fourth-order valence-electron chi connectivity index (χ4n) is 1.92. The molecular weight excluding hydrogens is 195 g/mol. The molecule has 0 N–H and O–H groups in total. The Labute approximate surface area is 87.9 Å². The molecule has 1 fully saturated rings. The van der Waals surface area contributed by atoms with Crippen LogP contribution in [0.5, 0.6) is 0 Å². The van der Waals surface area contributed by atoms with Gasteiger partial charge in [0.05, 0.1) is 12.2 Å². The molecule has 0 aliphatic carbocycles. The minimum atomic E-state index is -0.292. The summed E-state index contributed by atoms with van der Waals surface area (Å²) in [7, 11) is 0. The molecule has 1 aliphatic heterocycles. The number of carbonyl (C=O) groups excluding carboxylic acids is 1. The molecule has 2 rings (SSSR count). The first-order valence-electron chi connectivity index (χ1n) is 5.06. The van der Waals surface area contributed by atoms with Crippen molar-refractivity contribution in [1.29, 1.82) is 0 Å². The summed E-state index contributed by atoms with van der Waals surface area (Å²) in [6.07, 6.45) is 3.29. The van der Waals surface area contributed by atoms with E-state index in [4.69, 9.17) is 0 Å². The highest BCUT2D eigenvalue weighted by Crippen LogP contribution is 2.24. The highest BCUT2D eigenvalue weighted by Gasteiger charge is 2.24. The Morgan fingerprint density at radius 3 is 3.20 bits per heavy atom. The average molecular weight is 208 g/mol. The molecule has 0 radical (unpaired) electrons. The molecule has 0 spiro atoms. The second kappa shape index (κ2) is 4.38. The smallest absolute Gasteiger partial charge is 0.153 e. The van der Waals surface area contributed by atoms with E-state index in [0.29, 0.717) is 17.9 Å². The summed E-state index contributed by atoms with van der Waals surface area (Å²) in [6.45, 7) is 1.15. The van der Waals surface area contributed by atoms with E-state index in [1.807, 2.05) is 4.90 Å². The van der Waals surface area contributed by atoms with Crippen molar-refractivity contribution in [3.8, 4) is 0 Å². The largest absolute Gasteiger partial charge is 0.356 e. The van der Waals surface area contributed by atoms with Crippen LogP contribution in [0.15, 0.2) is 18.3 Å². The van der Waals surface area contributed by atoms with Gasteiger partial charge in [0.15, 0.2) is 6.29 Å². The number of rotatable bonds is 3. The Kier molecular flexibility index (Phi) is 2.94. The summed E-state index contributed by atoms with van der Waals surface area (Å²) in [5.74, 6) is 0.773. The number of hydrogen-bond donors (Lipinski definition) is 0. The van der Waals surface area contributed by atoms with Crippen LogP contribution in [0.25, 0.3) is 0 Å². The van der Waals surface area contributed by atoms with Gasteiger partial charge in [0.2, 0.25) is 0 Å². The monoisotopic (exact) mass is 208 g/mol. The van der Waals surface area contributed by atoms with Gasteiger partial charge in [0.1, 0.15) is 5.82 Å². The Morgan fingerprint density at radius 2 is 2.53 bits per heavy atom. The molecule has 0 aromatic carbocycles. The Balaban J connectivity index is 2.19. The van der Waals surface area contributed by atoms with E-state index in [1.165, 1.54) is 0 Å². The molecule has 0 amide bonds. The maximum Gasteiger partial charge on any atom is 0.153 e. The zero-order valence-electron chi connectivity index (χ0n) is 8.40. The second-order valence-electron chi connectivity index (χ2n) is 3.79. The lowest BCUT2D eigenvalue weighted by Crippen LogP contribution is -2.22. The molecule has 1 atom stereocenters. The second-order valence-corrected chi connectivity index (χ2v) is 3.79. The normalized spacial score (nSPS) is 20.6. The fourth-order valence-corrected chi connectivity index (χ4v) is 1.92. The molecule has 1 aliphatic rings. The van der Waals surface area contributed by atoms with Crippen molar-refractivity contribution >= 4 is 12.1 Å². The van der Waals surface area contributed by atoms with E-state index in [9.17, 15) is 9.18 Å². The predicted octanol–water partition coefficient (Wildman–Crippen LogP) is 1.69. The number of hydrogen-bond acceptors (Lipinski definition) is 3. The molecule has 3 nitrogen and oxygen atoms in total. The number of nitrogens with zero attached hydrogens (tertiary/aromatic N) is 2. The van der Waals surface area contributed by atoms with Crippen molar-refractivity contribution in [1.82, 2.24) is 4.98 Å². The summed E-state index contributed by atoms with van der Waals surface area (Å²) >= 11 is 0. The van der Waals surface area contributed by atoms with Gasteiger partial charge in [-0.05, 0) is 18.6 Å². The van der Waals surface area contributed by atoms with E-state index in [-0.39, 0.29) is 12.6 Å². The van der Waals surface area contributed by atoms with E-state index >= 15 is 0 Å². The van der Waals surface area contributed by atoms with Crippen LogP contribution >= 0.6 is 0 Å². The molecule has 2 heterocycles. The number of aldehydes is 1. The molecule has 1 aromatic heterocycles. The number of anilines is 1. The molecule has 80 valence electrons. The van der Waals surface area contributed by atoms with E-state index < -0.39 is 0 Å². The van der Waals surface area contributed by atoms with Crippen LogP contribution in [0.4, 0.5) is 10.2 Å². The minimum absolute atomic E-state index is 0.0894. The summed E-state index contributed by atoms with van der Waals surface area (Å²) in [5, 5.41) is 0. The maximum atomic E-state index is 12.5. The molecule has 1 unspecified atom stereocenters. The summed E-state index contributed by atoms with van der Waals surface area (Å²) in [5.41, 5.74) is 0.581. The first-order valence-corrected chi connectivity index (χ1v) is 5.06. The van der Waals surface area contributed by atoms with Gasteiger partial charge in [-0.1, -0.05) is 0 Å². The molecule has 15 heavy (non-hydrogen) atoms. The number of carbonyl (C=O) groups is 1. The van der Waals surface area contributed by atoms with Gasteiger partial charge in [-0.15, -0.1) is 0 Å². The number of pyridine rings is 1. The molecule has 0 bridgehead atoms. The maximum absolute atomic E-state index is 12.5. The van der Waals surface area contributed by atoms with Gasteiger partial charge in [-0.25, -0.2) is 4.98 Å². The first kappa shape index (κ1) is 10.1. The van der Waals surface area contributed by atoms with Crippen LogP contribution < -0.4 is 4.90 Å². The molecular formula is C11H13FN2O. The SMILES string of the molecule is O=Cc1cccnc1N1CCC(CF)C1. The van der Waals surface area contributed by atoms with Gasteiger partial charge in [0, 0.05) is 25.2 Å². The third-order valence-corrected chi connectivity index (χ3v) is 2.75. The van der Waals surface area contributed by atoms with Gasteiger partial charge in [0.25, 0.3) is 0 Å². The minimum Gasteiger partial charge on any atom is -0.356 e. The van der Waals surface area contributed by atoms with Crippen LogP contribution in [0.3, 0.4) is 0 Å². The quantitative estimate of drug-likeness (QED) is 0.709. The lowest BCUT2D eigenvalue weighted by Gasteiger charge is -2.18. The standard InChI is InChI=1S/C11H13FN2O/c12-6-9-3-5-14(7-9)11-10(8-15)2-1-4-13-11/h1-2,4,8-9H,3,5-7H2. The van der Waals surface area contributed by atoms with Crippen molar-refractivity contribution < 1.29 is 9.18 Å². The highest BCUT2D eigenvalue weighted by molar-refractivity contribution is 5.82. The third-order valence-electron chi connectivity index (χ3n) is 2.75. The Bertz CT molecular complexity index is 356. The lowest BCUT2D eigenvalue weighted by molar-refractivity contribution is 0.112. The summed E-state index contributed by atoms with van der Waals surface area (Å²) in [4.78, 5) is 16.9. The van der Waals surface area contributed by atoms with Crippen LogP contribution in [-0.2, 0) is 0 Å². The Morgan fingerprint density at radius 1 is 1.67 bits per heavy atom. The topological polar surface area (TPSA) is 33.2 Å². The molecule has 1 saturated heterocycles. The van der Waals surface area contributed by atoms with E-state index in [0.717, 1.165) is 19.3 Å². The van der Waals surface area contributed by atoms with Crippen molar-refractivity contribution in [2.45, 2.75) is 6.42 Å². The van der Waals surface area contributed by atoms with Gasteiger partial charge >= 0.3 is 0 Å². The highest BCUT2D eigenvalue weighted by atomic mass is 19.1. The zero-order chi connectivity index (χ0) is 10.7. The van der Waals surface area contributed by atoms with Gasteiger partial charge in [-0.3, -0.25) is 9.18 Å². The van der Waals surface area contributed by atoms with Crippen LogP contribution in [-0.4, -0.2) is 31.0 Å². The van der Waals surface area contributed by atoms with Crippen LogP contribution in [0.1, 0.15) is 16.8 Å². The molecule has 0 saturated carbocycles. The molecule has 4 heteroatoms. The number of aromatic nitrogens is 1. The zero-order valence-corrected chi connectivity index (χ0v) is 8.40. The first-order chi connectivity index (χ1) is 7.35. The van der Waals surface area contributed by atoms with E-state index in [1.54, 1.807) is 18.3 Å². The lowest BCUT2D eigenvalue weighted by atomic mass is 10.1. The Hall–Kier alpha value is -1.45. The number of alkyl halides is 1. The van der Waals surface area contributed by atoms with Crippen molar-refractivity contribution in [3.63, 3.8) is 0 Å². The van der Waals surface area contributed by atoms with Gasteiger partial charge in [-0.2, -0.15) is 0 Å². The third kappa shape index (κ3) is 1.98. The van der Waals surface area contributed by atoms with Crippen molar-refractivity contribution in [2.24, 2.45) is 5.92 Å². The number of halogens is 1. The van der Waals surface area contributed by atoms with Crippen molar-refractivity contribution in [3.05, 3.63) is 23.9 Å². The van der Waals surface area contributed by atoms with Crippen LogP contribution in [0.2, 0.25) is 0 Å². The fraction of sp³-hybridized carbons (Fsp3) is 0.455. The molecule has 1 aromatic rings. The predicted molar refractivity (Wildman–Crippen MR) is 55.9 cm³/mol. The van der Waals surface area contributed by atoms with Crippen LogP contribution in [0, 0.1) is 5.92 Å².